The van der Waals surface area contributed by atoms with Crippen molar-refractivity contribution < 1.29 is 23.9 Å². The van der Waals surface area contributed by atoms with Crippen LogP contribution in [0.3, 0.4) is 0 Å². The molecule has 0 bridgehead atoms. The third kappa shape index (κ3) is 3.16. The lowest BCUT2D eigenvalue weighted by Gasteiger charge is -2.39. The van der Waals surface area contributed by atoms with E-state index in [2.05, 4.69) is 0 Å². The number of likely N-dealkylation sites (tertiary alicyclic amines) is 1. The Hall–Kier alpha value is -2.48. The molecule has 1 unspecified atom stereocenters. The number of carbonyl (C=O) groups excluding carboxylic acids is 3. The Morgan fingerprint density at radius 1 is 1.19 bits per heavy atom. The minimum Gasteiger partial charge on any atom is -0.385 e. The number of aliphatic hydroxyl groups is 1. The number of piperidine rings is 1. The van der Waals surface area contributed by atoms with E-state index in [1.54, 1.807) is 17.0 Å². The number of rotatable bonds is 3. The van der Waals surface area contributed by atoms with E-state index in [-0.39, 0.29) is 24.1 Å². The molecule has 1 atom stereocenters. The SMILES string of the molecule is CN1C(=O)C(CC(=O)N2CCC(O)(c3ccc(F)cc3)CC2)N(C)C1=O. The van der Waals surface area contributed by atoms with Crippen LogP contribution in [0.25, 0.3) is 0 Å². The van der Waals surface area contributed by atoms with Gasteiger partial charge in [-0.2, -0.15) is 0 Å². The first-order chi connectivity index (χ1) is 12.2. The Morgan fingerprint density at radius 3 is 2.27 bits per heavy atom. The van der Waals surface area contributed by atoms with Crippen molar-refractivity contribution in [3.05, 3.63) is 35.6 Å². The predicted molar refractivity (Wildman–Crippen MR) is 90.4 cm³/mol. The first-order valence-electron chi connectivity index (χ1n) is 8.53. The van der Waals surface area contributed by atoms with Crippen molar-refractivity contribution in [2.24, 2.45) is 0 Å². The maximum Gasteiger partial charge on any atom is 0.326 e. The van der Waals surface area contributed by atoms with Gasteiger partial charge >= 0.3 is 6.03 Å². The lowest BCUT2D eigenvalue weighted by molar-refractivity contribution is -0.139. The van der Waals surface area contributed by atoms with Gasteiger partial charge in [-0.05, 0) is 30.5 Å². The van der Waals surface area contributed by atoms with Crippen molar-refractivity contribution in [3.63, 3.8) is 0 Å². The highest BCUT2D eigenvalue weighted by molar-refractivity contribution is 6.05. The van der Waals surface area contributed by atoms with Crippen molar-refractivity contribution in [1.29, 1.82) is 0 Å². The number of benzene rings is 1. The summed E-state index contributed by atoms with van der Waals surface area (Å²) in [4.78, 5) is 40.3. The van der Waals surface area contributed by atoms with Crippen molar-refractivity contribution in [1.82, 2.24) is 14.7 Å². The van der Waals surface area contributed by atoms with Gasteiger partial charge in [0, 0.05) is 27.2 Å². The van der Waals surface area contributed by atoms with Gasteiger partial charge in [0.1, 0.15) is 11.9 Å². The normalized spacial score (nSPS) is 22.9. The first-order valence-corrected chi connectivity index (χ1v) is 8.53. The number of carbonyl (C=O) groups is 3. The summed E-state index contributed by atoms with van der Waals surface area (Å²) in [5.41, 5.74) is -0.468. The standard InChI is InChI=1S/C18H22FN3O4/c1-20-14(16(24)21(2)17(20)25)11-15(23)22-9-7-18(26,8-10-22)12-3-5-13(19)6-4-12/h3-6,14,26H,7-11H2,1-2H3. The van der Waals surface area contributed by atoms with Gasteiger partial charge in [0.05, 0.1) is 12.0 Å². The molecule has 2 aliphatic heterocycles. The fourth-order valence-electron chi connectivity index (χ4n) is 3.55. The van der Waals surface area contributed by atoms with Crippen molar-refractivity contribution in [3.8, 4) is 0 Å². The van der Waals surface area contributed by atoms with E-state index < -0.39 is 17.7 Å². The summed E-state index contributed by atoms with van der Waals surface area (Å²) >= 11 is 0. The summed E-state index contributed by atoms with van der Waals surface area (Å²) in [7, 11) is 2.90. The molecule has 1 aromatic rings. The fraction of sp³-hybridized carbons (Fsp3) is 0.500. The number of imide groups is 1. The first kappa shape index (κ1) is 18.3. The maximum atomic E-state index is 13.1. The molecule has 1 N–H and O–H groups in total. The molecule has 0 aromatic heterocycles. The van der Waals surface area contributed by atoms with Crippen LogP contribution in [-0.4, -0.2) is 70.9 Å². The molecule has 0 spiro atoms. The van der Waals surface area contributed by atoms with E-state index >= 15 is 0 Å². The summed E-state index contributed by atoms with van der Waals surface area (Å²) in [6, 6.07) is 4.52. The van der Waals surface area contributed by atoms with Crippen LogP contribution in [0.4, 0.5) is 9.18 Å². The molecule has 2 saturated heterocycles. The summed E-state index contributed by atoms with van der Waals surface area (Å²) in [5.74, 6) is -0.972. The fourth-order valence-corrected chi connectivity index (χ4v) is 3.55. The monoisotopic (exact) mass is 363 g/mol. The highest BCUT2D eigenvalue weighted by Crippen LogP contribution is 2.33. The molecule has 0 radical (unpaired) electrons. The zero-order chi connectivity index (χ0) is 19.1. The third-order valence-electron chi connectivity index (χ3n) is 5.36. The van der Waals surface area contributed by atoms with Crippen LogP contribution in [0.15, 0.2) is 24.3 Å². The van der Waals surface area contributed by atoms with Crippen LogP contribution in [0.5, 0.6) is 0 Å². The summed E-state index contributed by atoms with van der Waals surface area (Å²) in [6.45, 7) is 0.669. The van der Waals surface area contributed by atoms with Gasteiger partial charge in [-0.25, -0.2) is 9.18 Å². The summed E-state index contributed by atoms with van der Waals surface area (Å²) < 4.78 is 13.1. The average molecular weight is 363 g/mol. The summed E-state index contributed by atoms with van der Waals surface area (Å²) in [5, 5.41) is 10.8. The second-order valence-corrected chi connectivity index (χ2v) is 6.93. The molecule has 26 heavy (non-hydrogen) atoms. The predicted octanol–water partition coefficient (Wildman–Crippen LogP) is 0.918. The lowest BCUT2D eigenvalue weighted by Crippen LogP contribution is -2.47. The number of urea groups is 1. The largest absolute Gasteiger partial charge is 0.385 e. The number of likely N-dealkylation sites (N-methyl/N-ethyl adjacent to an activating group) is 2. The number of hydrogen-bond acceptors (Lipinski definition) is 4. The van der Waals surface area contributed by atoms with Gasteiger partial charge in [-0.15, -0.1) is 0 Å². The molecule has 2 aliphatic rings. The zero-order valence-electron chi connectivity index (χ0n) is 14.8. The third-order valence-corrected chi connectivity index (χ3v) is 5.36. The van der Waals surface area contributed by atoms with Crippen LogP contribution in [0.1, 0.15) is 24.8 Å². The molecule has 0 saturated carbocycles. The quantitative estimate of drug-likeness (QED) is 0.810. The Kier molecular flexibility index (Phi) is 4.70. The smallest absolute Gasteiger partial charge is 0.326 e. The zero-order valence-corrected chi connectivity index (χ0v) is 14.8. The topological polar surface area (TPSA) is 81.2 Å². The number of amides is 4. The maximum absolute atomic E-state index is 13.1. The number of halogens is 1. The minimum absolute atomic E-state index is 0.0691. The van der Waals surface area contributed by atoms with E-state index in [1.165, 1.54) is 31.1 Å². The molecule has 7 nitrogen and oxygen atoms in total. The Bertz CT molecular complexity index is 728. The van der Waals surface area contributed by atoms with E-state index in [0.29, 0.717) is 31.5 Å². The highest BCUT2D eigenvalue weighted by Gasteiger charge is 2.43. The molecule has 140 valence electrons. The van der Waals surface area contributed by atoms with E-state index in [9.17, 15) is 23.9 Å². The molecule has 2 fully saturated rings. The van der Waals surface area contributed by atoms with Crippen molar-refractivity contribution >= 4 is 17.8 Å². The van der Waals surface area contributed by atoms with Crippen LogP contribution in [0, 0.1) is 5.82 Å². The van der Waals surface area contributed by atoms with Crippen LogP contribution < -0.4 is 0 Å². The second kappa shape index (κ2) is 6.68. The second-order valence-electron chi connectivity index (χ2n) is 6.93. The Labute approximate surface area is 151 Å². The Morgan fingerprint density at radius 2 is 1.77 bits per heavy atom. The average Bonchev–Trinajstić information content (AvgIpc) is 2.80. The Balaban J connectivity index is 1.61. The molecular weight excluding hydrogens is 341 g/mol. The molecule has 1 aromatic carbocycles. The molecule has 2 heterocycles. The van der Waals surface area contributed by atoms with Crippen LogP contribution in [0.2, 0.25) is 0 Å². The lowest BCUT2D eigenvalue weighted by atomic mass is 9.84. The van der Waals surface area contributed by atoms with Crippen molar-refractivity contribution in [2.75, 3.05) is 27.2 Å². The molecular formula is C18H22FN3O4. The van der Waals surface area contributed by atoms with Gasteiger partial charge in [0.25, 0.3) is 5.91 Å². The van der Waals surface area contributed by atoms with Gasteiger partial charge < -0.3 is 14.9 Å². The molecule has 8 heteroatoms. The van der Waals surface area contributed by atoms with E-state index in [4.69, 9.17) is 0 Å². The highest BCUT2D eigenvalue weighted by atomic mass is 19.1. The molecule has 3 rings (SSSR count). The van der Waals surface area contributed by atoms with Crippen molar-refractivity contribution in [2.45, 2.75) is 30.9 Å². The number of nitrogens with zero attached hydrogens (tertiary/aromatic N) is 3. The van der Waals surface area contributed by atoms with Gasteiger partial charge in [-0.1, -0.05) is 12.1 Å². The minimum atomic E-state index is -1.10. The van der Waals surface area contributed by atoms with Gasteiger partial charge in [0.15, 0.2) is 0 Å². The van der Waals surface area contributed by atoms with Crippen LogP contribution >= 0.6 is 0 Å². The van der Waals surface area contributed by atoms with E-state index in [0.717, 1.165) is 4.90 Å². The molecule has 0 aliphatic carbocycles. The number of hydrogen-bond donors (Lipinski definition) is 1. The van der Waals surface area contributed by atoms with Gasteiger partial charge in [0.2, 0.25) is 5.91 Å². The van der Waals surface area contributed by atoms with E-state index in [1.807, 2.05) is 0 Å². The molecule has 4 amide bonds. The van der Waals surface area contributed by atoms with Gasteiger partial charge in [-0.3, -0.25) is 14.5 Å². The van der Waals surface area contributed by atoms with Crippen LogP contribution in [-0.2, 0) is 15.2 Å². The summed E-state index contributed by atoms with van der Waals surface area (Å²) in [6.07, 6.45) is 0.593.